The first-order chi connectivity index (χ1) is 12.0. The van der Waals surface area contributed by atoms with Gasteiger partial charge in [0, 0.05) is 23.0 Å². The van der Waals surface area contributed by atoms with Gasteiger partial charge >= 0.3 is 0 Å². The van der Waals surface area contributed by atoms with Crippen LogP contribution in [0.5, 0.6) is 0 Å². The monoisotopic (exact) mass is 375 g/mol. The SMILES string of the molecule is CC(NCCc1cccs1)C(=O)Nc1cc2cc[nH]c(=O)c2cc1Cl. The van der Waals surface area contributed by atoms with Crippen LogP contribution in [-0.2, 0) is 11.2 Å². The van der Waals surface area contributed by atoms with E-state index in [0.717, 1.165) is 18.4 Å². The Balaban J connectivity index is 1.64. The molecule has 3 N–H and O–H groups in total. The molecule has 130 valence electrons. The van der Waals surface area contributed by atoms with Crippen LogP contribution in [0.2, 0.25) is 5.02 Å². The third-order valence-electron chi connectivity index (χ3n) is 3.91. The molecule has 2 aromatic heterocycles. The molecule has 0 aliphatic rings. The van der Waals surface area contributed by atoms with Crippen LogP contribution in [0.1, 0.15) is 11.8 Å². The number of aromatic amines is 1. The average molecular weight is 376 g/mol. The first kappa shape index (κ1) is 17.7. The van der Waals surface area contributed by atoms with Gasteiger partial charge in [0.25, 0.3) is 5.56 Å². The molecule has 0 aliphatic heterocycles. The van der Waals surface area contributed by atoms with E-state index >= 15 is 0 Å². The number of H-pyrrole nitrogens is 1. The molecule has 0 saturated heterocycles. The van der Waals surface area contributed by atoms with Crippen molar-refractivity contribution in [3.05, 3.63) is 62.2 Å². The lowest BCUT2D eigenvalue weighted by atomic mass is 10.1. The fraction of sp³-hybridized carbons (Fsp3) is 0.222. The van der Waals surface area contributed by atoms with Gasteiger partial charge in [0.1, 0.15) is 0 Å². The fourth-order valence-electron chi connectivity index (χ4n) is 2.51. The molecule has 25 heavy (non-hydrogen) atoms. The molecule has 7 heteroatoms. The molecule has 0 spiro atoms. The first-order valence-electron chi connectivity index (χ1n) is 7.92. The fourth-order valence-corrected chi connectivity index (χ4v) is 3.43. The molecule has 1 atom stereocenters. The molecule has 0 saturated carbocycles. The number of hydrogen-bond acceptors (Lipinski definition) is 4. The molecule has 5 nitrogen and oxygen atoms in total. The van der Waals surface area contributed by atoms with Crippen LogP contribution in [0.15, 0.2) is 46.7 Å². The quantitative estimate of drug-likeness (QED) is 0.618. The van der Waals surface area contributed by atoms with E-state index in [-0.39, 0.29) is 17.5 Å². The third-order valence-corrected chi connectivity index (χ3v) is 5.16. The van der Waals surface area contributed by atoms with Crippen LogP contribution in [0, 0.1) is 0 Å². The number of nitrogens with one attached hydrogen (secondary N) is 3. The summed E-state index contributed by atoms with van der Waals surface area (Å²) >= 11 is 7.91. The zero-order chi connectivity index (χ0) is 17.8. The van der Waals surface area contributed by atoms with Crippen molar-refractivity contribution in [3.8, 4) is 0 Å². The Kier molecular flexibility index (Phi) is 5.53. The average Bonchev–Trinajstić information content (AvgIpc) is 3.10. The maximum Gasteiger partial charge on any atom is 0.255 e. The van der Waals surface area contributed by atoms with Gasteiger partial charge in [-0.2, -0.15) is 0 Å². The number of thiophene rings is 1. The van der Waals surface area contributed by atoms with Crippen LogP contribution < -0.4 is 16.2 Å². The Morgan fingerprint density at radius 1 is 1.36 bits per heavy atom. The molecule has 2 heterocycles. The lowest BCUT2D eigenvalue weighted by Crippen LogP contribution is -2.39. The number of benzene rings is 1. The highest BCUT2D eigenvalue weighted by molar-refractivity contribution is 7.09. The van der Waals surface area contributed by atoms with E-state index < -0.39 is 0 Å². The Bertz CT molecular complexity index is 937. The van der Waals surface area contributed by atoms with Crippen molar-refractivity contribution in [2.45, 2.75) is 19.4 Å². The summed E-state index contributed by atoms with van der Waals surface area (Å²) in [5, 5.41) is 9.62. The topological polar surface area (TPSA) is 74.0 Å². The van der Waals surface area contributed by atoms with Crippen LogP contribution in [0.4, 0.5) is 5.69 Å². The van der Waals surface area contributed by atoms with E-state index in [1.54, 1.807) is 35.7 Å². The summed E-state index contributed by atoms with van der Waals surface area (Å²) in [6, 6.07) is 8.79. The van der Waals surface area contributed by atoms with Gasteiger partial charge in [0.05, 0.1) is 16.8 Å². The first-order valence-corrected chi connectivity index (χ1v) is 9.18. The standard InChI is InChI=1S/C18H18ClN3O2S/c1-11(20-7-5-13-3-2-8-25-13)17(23)22-16-9-12-4-6-21-18(24)14(12)10-15(16)19/h2-4,6,8-11,20H,5,7H2,1H3,(H,21,24)(H,22,23). The molecule has 0 aliphatic carbocycles. The number of amides is 1. The van der Waals surface area contributed by atoms with Gasteiger partial charge in [-0.25, -0.2) is 0 Å². The van der Waals surface area contributed by atoms with E-state index in [1.807, 2.05) is 18.4 Å². The Morgan fingerprint density at radius 2 is 2.20 bits per heavy atom. The number of carbonyl (C=O) groups excluding carboxylic acids is 1. The summed E-state index contributed by atoms with van der Waals surface area (Å²) in [5.74, 6) is -0.169. The molecular weight excluding hydrogens is 358 g/mol. The van der Waals surface area contributed by atoms with Gasteiger partial charge in [-0.05, 0) is 48.4 Å². The van der Waals surface area contributed by atoms with Crippen LogP contribution in [0.3, 0.4) is 0 Å². The van der Waals surface area contributed by atoms with E-state index in [0.29, 0.717) is 16.1 Å². The normalized spacial score (nSPS) is 12.2. The van der Waals surface area contributed by atoms with Gasteiger partial charge < -0.3 is 15.6 Å². The van der Waals surface area contributed by atoms with E-state index in [9.17, 15) is 9.59 Å². The van der Waals surface area contributed by atoms with E-state index in [4.69, 9.17) is 11.6 Å². The second-order valence-corrected chi connectivity index (χ2v) is 7.16. The summed E-state index contributed by atoms with van der Waals surface area (Å²) < 4.78 is 0. The van der Waals surface area contributed by atoms with Crippen LogP contribution in [-0.4, -0.2) is 23.5 Å². The Hall–Kier alpha value is -2.15. The highest BCUT2D eigenvalue weighted by atomic mass is 35.5. The Labute approximate surface area is 154 Å². The van der Waals surface area contributed by atoms with Gasteiger partial charge in [0.2, 0.25) is 5.91 Å². The van der Waals surface area contributed by atoms with Crippen molar-refractivity contribution < 1.29 is 4.79 Å². The minimum atomic E-state index is -0.356. The maximum atomic E-state index is 12.4. The lowest BCUT2D eigenvalue weighted by molar-refractivity contribution is -0.117. The molecule has 3 rings (SSSR count). The number of anilines is 1. The van der Waals surface area contributed by atoms with Crippen LogP contribution in [0.25, 0.3) is 10.8 Å². The van der Waals surface area contributed by atoms with Crippen molar-refractivity contribution in [3.63, 3.8) is 0 Å². The largest absolute Gasteiger partial charge is 0.329 e. The summed E-state index contributed by atoms with van der Waals surface area (Å²) in [4.78, 5) is 28.0. The van der Waals surface area contributed by atoms with Gasteiger partial charge in [-0.15, -0.1) is 11.3 Å². The number of carbonyl (C=O) groups is 1. The number of hydrogen-bond donors (Lipinski definition) is 3. The predicted octanol–water partition coefficient (Wildman–Crippen LogP) is 3.40. The number of fused-ring (bicyclic) bond motifs is 1. The molecule has 0 radical (unpaired) electrons. The number of rotatable bonds is 6. The second-order valence-electron chi connectivity index (χ2n) is 5.72. The van der Waals surface area contributed by atoms with E-state index in [1.165, 1.54) is 4.88 Å². The van der Waals surface area contributed by atoms with Gasteiger partial charge in [-0.1, -0.05) is 17.7 Å². The molecule has 1 aromatic carbocycles. The van der Waals surface area contributed by atoms with Crippen molar-refractivity contribution in [2.24, 2.45) is 0 Å². The Morgan fingerprint density at radius 3 is 2.96 bits per heavy atom. The predicted molar refractivity (Wildman–Crippen MR) is 104 cm³/mol. The minimum absolute atomic E-state index is 0.169. The molecule has 1 unspecified atom stereocenters. The zero-order valence-corrected chi connectivity index (χ0v) is 15.2. The summed E-state index contributed by atoms with van der Waals surface area (Å²) in [6.07, 6.45) is 2.45. The lowest BCUT2D eigenvalue weighted by Gasteiger charge is -2.15. The smallest absolute Gasteiger partial charge is 0.255 e. The van der Waals surface area contributed by atoms with Crippen molar-refractivity contribution in [2.75, 3.05) is 11.9 Å². The van der Waals surface area contributed by atoms with E-state index in [2.05, 4.69) is 21.7 Å². The number of pyridine rings is 1. The highest BCUT2D eigenvalue weighted by Gasteiger charge is 2.14. The van der Waals surface area contributed by atoms with Gasteiger partial charge in [-0.3, -0.25) is 9.59 Å². The second kappa shape index (κ2) is 7.82. The molecule has 1 amide bonds. The van der Waals surface area contributed by atoms with Crippen LogP contribution >= 0.6 is 22.9 Å². The summed E-state index contributed by atoms with van der Waals surface area (Å²) in [7, 11) is 0. The van der Waals surface area contributed by atoms with Crippen molar-refractivity contribution in [1.82, 2.24) is 10.3 Å². The molecule has 3 aromatic rings. The van der Waals surface area contributed by atoms with Crippen molar-refractivity contribution >= 4 is 45.3 Å². The summed E-state index contributed by atoms with van der Waals surface area (Å²) in [5.41, 5.74) is 0.289. The number of halogens is 1. The van der Waals surface area contributed by atoms with Crippen molar-refractivity contribution in [1.29, 1.82) is 0 Å². The molecular formula is C18H18ClN3O2S. The zero-order valence-electron chi connectivity index (χ0n) is 13.6. The molecule has 0 fully saturated rings. The van der Waals surface area contributed by atoms with Gasteiger partial charge in [0.15, 0.2) is 0 Å². The highest BCUT2D eigenvalue weighted by Crippen LogP contribution is 2.26. The third kappa shape index (κ3) is 4.28. The maximum absolute atomic E-state index is 12.4. The summed E-state index contributed by atoms with van der Waals surface area (Å²) in [6.45, 7) is 2.53. The number of aromatic nitrogens is 1. The molecule has 0 bridgehead atoms. The minimum Gasteiger partial charge on any atom is -0.329 e.